The summed E-state index contributed by atoms with van der Waals surface area (Å²) in [4.78, 5) is 0.195. The second kappa shape index (κ2) is 6.72. The van der Waals surface area contributed by atoms with Crippen molar-refractivity contribution in [1.82, 2.24) is 4.72 Å². The predicted molar refractivity (Wildman–Crippen MR) is 72.0 cm³/mol. The van der Waals surface area contributed by atoms with Gasteiger partial charge in [0.1, 0.15) is 5.84 Å². The molecule has 0 atom stereocenters. The summed E-state index contributed by atoms with van der Waals surface area (Å²) < 4.78 is 26.8. The number of hydrogen-bond acceptors (Lipinski definition) is 4. The first kappa shape index (κ1) is 14.9. The molecule has 0 bridgehead atoms. The van der Waals surface area contributed by atoms with E-state index < -0.39 is 10.0 Å². The smallest absolute Gasteiger partial charge is 0.240 e. The normalized spacial score (nSPS) is 12.6. The fourth-order valence-corrected chi connectivity index (χ4v) is 2.91. The molecule has 0 spiro atoms. The van der Waals surface area contributed by atoms with Crippen LogP contribution in [0.4, 0.5) is 0 Å². The Hall–Kier alpha value is -1.12. The van der Waals surface area contributed by atoms with Crippen molar-refractivity contribution in [3.05, 3.63) is 28.7 Å². The van der Waals surface area contributed by atoms with E-state index in [1.807, 2.05) is 0 Å². The molecule has 100 valence electrons. The number of sulfonamides is 1. The zero-order chi connectivity index (χ0) is 13.6. The molecule has 6 nitrogen and oxygen atoms in total. The minimum Gasteiger partial charge on any atom is -0.409 e. The Morgan fingerprint density at radius 2 is 2.22 bits per heavy atom. The first-order valence-corrected chi connectivity index (χ1v) is 7.45. The fourth-order valence-electron chi connectivity index (χ4n) is 1.24. The first-order chi connectivity index (χ1) is 8.45. The lowest BCUT2D eigenvalue weighted by Crippen LogP contribution is -2.25. The summed E-state index contributed by atoms with van der Waals surface area (Å²) in [6, 6.07) is 6.43. The van der Waals surface area contributed by atoms with Crippen molar-refractivity contribution in [2.75, 3.05) is 6.54 Å². The second-order valence-electron chi connectivity index (χ2n) is 3.55. The number of nitrogens with one attached hydrogen (secondary N) is 1. The van der Waals surface area contributed by atoms with Gasteiger partial charge in [-0.05, 0) is 24.6 Å². The summed E-state index contributed by atoms with van der Waals surface area (Å²) in [7, 11) is -3.51. The molecular weight excluding hydrogens is 322 g/mol. The summed E-state index contributed by atoms with van der Waals surface area (Å²) in [5, 5.41) is 11.1. The van der Waals surface area contributed by atoms with Gasteiger partial charge >= 0.3 is 0 Å². The van der Waals surface area contributed by atoms with Crippen LogP contribution in [-0.2, 0) is 10.0 Å². The van der Waals surface area contributed by atoms with Gasteiger partial charge in [-0.15, -0.1) is 0 Å². The van der Waals surface area contributed by atoms with Gasteiger partial charge in [0, 0.05) is 17.4 Å². The minimum atomic E-state index is -3.51. The predicted octanol–water partition coefficient (Wildman–Crippen LogP) is 1.25. The van der Waals surface area contributed by atoms with Crippen LogP contribution in [-0.4, -0.2) is 26.0 Å². The number of rotatable bonds is 6. The Morgan fingerprint density at radius 1 is 1.50 bits per heavy atom. The van der Waals surface area contributed by atoms with Crippen LogP contribution in [0.15, 0.2) is 38.8 Å². The summed E-state index contributed by atoms with van der Waals surface area (Å²) in [5.74, 6) is 0.0802. The first-order valence-electron chi connectivity index (χ1n) is 5.17. The van der Waals surface area contributed by atoms with E-state index >= 15 is 0 Å². The monoisotopic (exact) mass is 335 g/mol. The zero-order valence-corrected chi connectivity index (χ0v) is 11.9. The maximum atomic E-state index is 11.9. The third-order valence-corrected chi connectivity index (χ3v) is 4.09. The molecular formula is C10H14BrN3O3S. The van der Waals surface area contributed by atoms with Crippen LogP contribution in [0.1, 0.15) is 12.8 Å². The molecule has 0 aliphatic rings. The molecule has 0 heterocycles. The number of benzene rings is 1. The minimum absolute atomic E-state index is 0.0802. The standard InChI is InChI=1S/C10H14BrN3O3S/c11-8-3-1-4-9(7-8)18(16,17)13-6-2-5-10(12)14-15/h1,3-4,7,13,15H,2,5-6H2,(H2,12,14). The van der Waals surface area contributed by atoms with Crippen LogP contribution in [0.5, 0.6) is 0 Å². The Balaban J connectivity index is 2.56. The number of hydrogen-bond donors (Lipinski definition) is 3. The van der Waals surface area contributed by atoms with Gasteiger partial charge in [-0.1, -0.05) is 27.2 Å². The van der Waals surface area contributed by atoms with Crippen molar-refractivity contribution in [2.45, 2.75) is 17.7 Å². The summed E-state index contributed by atoms with van der Waals surface area (Å²) in [6.45, 7) is 0.227. The lowest BCUT2D eigenvalue weighted by molar-refractivity contribution is 0.316. The fraction of sp³-hybridized carbons (Fsp3) is 0.300. The van der Waals surface area contributed by atoms with Crippen LogP contribution >= 0.6 is 15.9 Å². The molecule has 0 saturated heterocycles. The van der Waals surface area contributed by atoms with E-state index in [1.165, 1.54) is 12.1 Å². The van der Waals surface area contributed by atoms with Crippen LogP contribution in [0, 0.1) is 0 Å². The maximum absolute atomic E-state index is 11.9. The molecule has 0 aliphatic heterocycles. The van der Waals surface area contributed by atoms with Crippen LogP contribution in [0.25, 0.3) is 0 Å². The number of amidine groups is 1. The Kier molecular flexibility index (Phi) is 5.57. The van der Waals surface area contributed by atoms with Crippen molar-refractivity contribution in [3.63, 3.8) is 0 Å². The Bertz CT molecular complexity index is 531. The zero-order valence-electron chi connectivity index (χ0n) is 9.51. The topological polar surface area (TPSA) is 105 Å². The van der Waals surface area contributed by atoms with E-state index in [1.54, 1.807) is 12.1 Å². The van der Waals surface area contributed by atoms with E-state index in [-0.39, 0.29) is 17.3 Å². The molecule has 0 amide bonds. The van der Waals surface area contributed by atoms with Crippen molar-refractivity contribution < 1.29 is 13.6 Å². The molecule has 18 heavy (non-hydrogen) atoms. The summed E-state index contributed by atoms with van der Waals surface area (Å²) in [6.07, 6.45) is 0.792. The van der Waals surface area contributed by atoms with Gasteiger partial charge in [0.15, 0.2) is 0 Å². The van der Waals surface area contributed by atoms with Crippen molar-refractivity contribution in [1.29, 1.82) is 0 Å². The van der Waals surface area contributed by atoms with E-state index in [9.17, 15) is 8.42 Å². The third-order valence-electron chi connectivity index (χ3n) is 2.14. The largest absolute Gasteiger partial charge is 0.409 e. The van der Waals surface area contributed by atoms with E-state index in [0.29, 0.717) is 17.3 Å². The number of nitrogens with two attached hydrogens (primary N) is 1. The summed E-state index contributed by atoms with van der Waals surface area (Å²) in [5.41, 5.74) is 5.27. The summed E-state index contributed by atoms with van der Waals surface area (Å²) >= 11 is 3.21. The van der Waals surface area contributed by atoms with Crippen molar-refractivity contribution >= 4 is 31.8 Å². The Morgan fingerprint density at radius 3 is 2.83 bits per heavy atom. The lowest BCUT2D eigenvalue weighted by Gasteiger charge is -2.06. The average Bonchev–Trinajstić information content (AvgIpc) is 2.34. The maximum Gasteiger partial charge on any atom is 0.240 e. The molecule has 0 fully saturated rings. The number of oxime groups is 1. The van der Waals surface area contributed by atoms with Gasteiger partial charge in [0.2, 0.25) is 10.0 Å². The molecule has 1 aromatic rings. The molecule has 0 unspecified atom stereocenters. The highest BCUT2D eigenvalue weighted by Crippen LogP contribution is 2.15. The Labute approximate surface area is 114 Å². The number of nitrogens with zero attached hydrogens (tertiary/aromatic N) is 1. The van der Waals surface area contributed by atoms with Crippen molar-refractivity contribution in [2.24, 2.45) is 10.9 Å². The van der Waals surface area contributed by atoms with Gasteiger partial charge in [-0.2, -0.15) is 0 Å². The molecule has 4 N–H and O–H groups in total. The van der Waals surface area contributed by atoms with Crippen LogP contribution < -0.4 is 10.5 Å². The van der Waals surface area contributed by atoms with Crippen LogP contribution in [0.3, 0.4) is 0 Å². The van der Waals surface area contributed by atoms with Gasteiger partial charge in [-0.3, -0.25) is 0 Å². The molecule has 0 aliphatic carbocycles. The molecule has 1 rings (SSSR count). The molecule has 1 aromatic carbocycles. The average molecular weight is 336 g/mol. The van der Waals surface area contributed by atoms with Gasteiger partial charge in [0.05, 0.1) is 4.90 Å². The molecule has 8 heteroatoms. The third kappa shape index (κ3) is 4.63. The van der Waals surface area contributed by atoms with Gasteiger partial charge in [-0.25, -0.2) is 13.1 Å². The quantitative estimate of drug-likeness (QED) is 0.239. The van der Waals surface area contributed by atoms with Gasteiger partial charge < -0.3 is 10.9 Å². The molecule has 0 aromatic heterocycles. The highest BCUT2D eigenvalue weighted by atomic mass is 79.9. The number of halogens is 1. The van der Waals surface area contributed by atoms with Crippen molar-refractivity contribution in [3.8, 4) is 0 Å². The SMILES string of the molecule is N/C(CCCNS(=O)(=O)c1cccc(Br)c1)=N/O. The highest BCUT2D eigenvalue weighted by molar-refractivity contribution is 9.10. The molecule has 0 saturated carbocycles. The lowest BCUT2D eigenvalue weighted by atomic mass is 10.3. The second-order valence-corrected chi connectivity index (χ2v) is 6.23. The van der Waals surface area contributed by atoms with E-state index in [2.05, 4.69) is 25.8 Å². The van der Waals surface area contributed by atoms with Gasteiger partial charge in [0.25, 0.3) is 0 Å². The van der Waals surface area contributed by atoms with E-state index in [4.69, 9.17) is 10.9 Å². The molecule has 0 radical (unpaired) electrons. The van der Waals surface area contributed by atoms with Crippen LogP contribution in [0.2, 0.25) is 0 Å². The highest BCUT2D eigenvalue weighted by Gasteiger charge is 2.13. The van der Waals surface area contributed by atoms with E-state index in [0.717, 1.165) is 0 Å².